The highest BCUT2D eigenvalue weighted by molar-refractivity contribution is 9.10. The van der Waals surface area contributed by atoms with E-state index in [0.29, 0.717) is 13.1 Å². The molecule has 0 radical (unpaired) electrons. The molecule has 0 saturated carbocycles. The summed E-state index contributed by atoms with van der Waals surface area (Å²) in [6, 6.07) is 14.3. The average Bonchev–Trinajstić information content (AvgIpc) is 2.91. The highest BCUT2D eigenvalue weighted by Crippen LogP contribution is 2.25. The molecular formula is C17H19BrN2O2. The lowest BCUT2D eigenvalue weighted by molar-refractivity contribution is 0.0217. The zero-order chi connectivity index (χ0) is 15.5. The third-order valence-electron chi connectivity index (χ3n) is 3.98. The second-order valence-corrected chi connectivity index (χ2v) is 6.36. The molecule has 2 unspecified atom stereocenters. The van der Waals surface area contributed by atoms with Crippen molar-refractivity contribution in [2.24, 2.45) is 0 Å². The van der Waals surface area contributed by atoms with Crippen molar-refractivity contribution in [3.8, 4) is 0 Å². The van der Waals surface area contributed by atoms with Gasteiger partial charge in [-0.1, -0.05) is 30.3 Å². The van der Waals surface area contributed by atoms with Gasteiger partial charge in [0.25, 0.3) is 0 Å². The van der Waals surface area contributed by atoms with Gasteiger partial charge in [-0.15, -0.1) is 0 Å². The minimum absolute atomic E-state index is 0.150. The summed E-state index contributed by atoms with van der Waals surface area (Å²) >= 11 is 3.58. The van der Waals surface area contributed by atoms with E-state index in [4.69, 9.17) is 9.72 Å². The molecule has 22 heavy (non-hydrogen) atoms. The molecule has 1 aliphatic rings. The van der Waals surface area contributed by atoms with E-state index in [9.17, 15) is 5.11 Å². The van der Waals surface area contributed by atoms with Crippen LogP contribution in [0.5, 0.6) is 0 Å². The lowest BCUT2D eigenvalue weighted by Crippen LogP contribution is -2.25. The molecule has 1 N–H and O–H groups in total. The molecule has 2 heterocycles. The van der Waals surface area contributed by atoms with Crippen LogP contribution in [0.2, 0.25) is 0 Å². The molecular weight excluding hydrogens is 344 g/mol. The number of halogens is 1. The number of anilines is 1. The Labute approximate surface area is 138 Å². The summed E-state index contributed by atoms with van der Waals surface area (Å²) in [5, 5.41) is 9.98. The van der Waals surface area contributed by atoms with Crippen LogP contribution in [0.15, 0.2) is 46.9 Å². The molecule has 1 fully saturated rings. The number of hydrogen-bond acceptors (Lipinski definition) is 4. The number of aromatic nitrogens is 1. The standard InChI is InChI=1S/C17H19BrN2O2/c1-22-16-11-20(10-15(16)21)17-8-7-13(18)14(19-17)9-12-5-3-2-4-6-12/h2-8,15-16,21H,9-11H2,1H3. The molecule has 0 amide bonds. The fourth-order valence-electron chi connectivity index (χ4n) is 2.74. The van der Waals surface area contributed by atoms with Crippen LogP contribution in [0.25, 0.3) is 0 Å². The molecule has 1 aliphatic heterocycles. The van der Waals surface area contributed by atoms with Crippen molar-refractivity contribution in [1.29, 1.82) is 0 Å². The van der Waals surface area contributed by atoms with E-state index in [0.717, 1.165) is 22.4 Å². The van der Waals surface area contributed by atoms with Crippen LogP contribution in [-0.2, 0) is 11.2 Å². The topological polar surface area (TPSA) is 45.6 Å². The number of nitrogens with zero attached hydrogens (tertiary/aromatic N) is 2. The minimum Gasteiger partial charge on any atom is -0.388 e. The first-order chi connectivity index (χ1) is 10.7. The summed E-state index contributed by atoms with van der Waals surface area (Å²) in [5.41, 5.74) is 2.23. The molecule has 2 aromatic rings. The van der Waals surface area contributed by atoms with E-state index in [1.54, 1.807) is 7.11 Å². The summed E-state index contributed by atoms with van der Waals surface area (Å²) in [5.74, 6) is 0.882. The predicted octanol–water partition coefficient (Wildman–Crippen LogP) is 2.63. The Hall–Kier alpha value is -1.43. The first-order valence-corrected chi connectivity index (χ1v) is 8.12. The minimum atomic E-state index is -0.465. The lowest BCUT2D eigenvalue weighted by Gasteiger charge is -2.18. The SMILES string of the molecule is COC1CN(c2ccc(Br)c(Cc3ccccc3)n2)CC1O. The number of ether oxygens (including phenoxy) is 1. The number of methoxy groups -OCH3 is 1. The van der Waals surface area contributed by atoms with Crippen molar-refractivity contribution in [3.63, 3.8) is 0 Å². The Morgan fingerprint density at radius 3 is 2.68 bits per heavy atom. The molecule has 0 spiro atoms. The number of β-amino-alcohol motifs (C(OH)–C–C–N with tert-alkyl or cyclic N) is 1. The first-order valence-electron chi connectivity index (χ1n) is 7.32. The third-order valence-corrected chi connectivity index (χ3v) is 4.70. The molecule has 1 aromatic heterocycles. The van der Waals surface area contributed by atoms with Crippen molar-refractivity contribution in [1.82, 2.24) is 4.98 Å². The summed E-state index contributed by atoms with van der Waals surface area (Å²) in [6.07, 6.45) is 0.162. The molecule has 5 heteroatoms. The largest absolute Gasteiger partial charge is 0.388 e. The zero-order valence-corrected chi connectivity index (χ0v) is 14.0. The van der Waals surface area contributed by atoms with Gasteiger partial charge in [-0.05, 0) is 33.6 Å². The second kappa shape index (κ2) is 6.77. The van der Waals surface area contributed by atoms with Crippen LogP contribution < -0.4 is 4.90 Å². The van der Waals surface area contributed by atoms with Crippen LogP contribution in [0.4, 0.5) is 5.82 Å². The highest BCUT2D eigenvalue weighted by Gasteiger charge is 2.32. The fourth-order valence-corrected chi connectivity index (χ4v) is 3.10. The molecule has 116 valence electrons. The predicted molar refractivity (Wildman–Crippen MR) is 90.2 cm³/mol. The van der Waals surface area contributed by atoms with Crippen molar-refractivity contribution in [3.05, 3.63) is 58.2 Å². The van der Waals surface area contributed by atoms with Crippen LogP contribution in [0, 0.1) is 0 Å². The molecule has 1 aromatic carbocycles. The van der Waals surface area contributed by atoms with Crippen LogP contribution in [0.1, 0.15) is 11.3 Å². The van der Waals surface area contributed by atoms with E-state index in [1.807, 2.05) is 30.3 Å². The molecule has 4 nitrogen and oxygen atoms in total. The molecule has 0 aliphatic carbocycles. The number of pyridine rings is 1. The van der Waals surface area contributed by atoms with E-state index in [1.165, 1.54) is 5.56 Å². The quantitative estimate of drug-likeness (QED) is 0.907. The van der Waals surface area contributed by atoms with Gasteiger partial charge >= 0.3 is 0 Å². The third kappa shape index (κ3) is 3.32. The number of aliphatic hydroxyl groups is 1. The van der Waals surface area contributed by atoms with Gasteiger partial charge in [-0.2, -0.15) is 0 Å². The van der Waals surface area contributed by atoms with Crippen molar-refractivity contribution in [2.45, 2.75) is 18.6 Å². The van der Waals surface area contributed by atoms with E-state index in [-0.39, 0.29) is 6.10 Å². The van der Waals surface area contributed by atoms with E-state index < -0.39 is 6.10 Å². The van der Waals surface area contributed by atoms with Gasteiger partial charge in [0.05, 0.1) is 11.8 Å². The number of rotatable bonds is 4. The molecule has 2 atom stereocenters. The van der Waals surface area contributed by atoms with E-state index in [2.05, 4.69) is 33.0 Å². The summed E-state index contributed by atoms with van der Waals surface area (Å²) in [4.78, 5) is 6.83. The smallest absolute Gasteiger partial charge is 0.129 e. The maximum atomic E-state index is 9.98. The zero-order valence-electron chi connectivity index (χ0n) is 12.4. The lowest BCUT2D eigenvalue weighted by atomic mass is 10.1. The Kier molecular flexibility index (Phi) is 4.76. The molecule has 0 bridgehead atoms. The first kappa shape index (κ1) is 15.5. The number of benzene rings is 1. The highest BCUT2D eigenvalue weighted by atomic mass is 79.9. The summed E-state index contributed by atoms with van der Waals surface area (Å²) < 4.78 is 6.30. The monoisotopic (exact) mass is 362 g/mol. The maximum Gasteiger partial charge on any atom is 0.129 e. The average molecular weight is 363 g/mol. The van der Waals surface area contributed by atoms with Gasteiger partial charge in [0.2, 0.25) is 0 Å². The Balaban J connectivity index is 1.81. The van der Waals surface area contributed by atoms with Gasteiger partial charge in [-0.3, -0.25) is 0 Å². The summed E-state index contributed by atoms with van der Waals surface area (Å²) in [6.45, 7) is 1.22. The maximum absolute atomic E-state index is 9.98. The van der Waals surface area contributed by atoms with Gasteiger partial charge in [0.15, 0.2) is 0 Å². The Bertz CT molecular complexity index is 636. The van der Waals surface area contributed by atoms with Crippen molar-refractivity contribution < 1.29 is 9.84 Å². The Morgan fingerprint density at radius 2 is 2.00 bits per heavy atom. The normalized spacial score (nSPS) is 21.3. The number of hydrogen-bond donors (Lipinski definition) is 1. The number of aliphatic hydroxyl groups excluding tert-OH is 1. The molecule has 1 saturated heterocycles. The fraction of sp³-hybridized carbons (Fsp3) is 0.353. The van der Waals surface area contributed by atoms with Gasteiger partial charge in [0.1, 0.15) is 11.9 Å². The van der Waals surface area contributed by atoms with E-state index >= 15 is 0 Å². The van der Waals surface area contributed by atoms with Crippen LogP contribution >= 0.6 is 15.9 Å². The van der Waals surface area contributed by atoms with Crippen molar-refractivity contribution >= 4 is 21.7 Å². The van der Waals surface area contributed by atoms with Crippen molar-refractivity contribution in [2.75, 3.05) is 25.1 Å². The molecule has 3 rings (SSSR count). The Morgan fingerprint density at radius 1 is 1.23 bits per heavy atom. The van der Waals surface area contributed by atoms with Gasteiger partial charge < -0.3 is 14.7 Å². The van der Waals surface area contributed by atoms with Gasteiger partial charge in [0, 0.05) is 31.1 Å². The van der Waals surface area contributed by atoms with Gasteiger partial charge in [-0.25, -0.2) is 4.98 Å². The second-order valence-electron chi connectivity index (χ2n) is 5.51. The summed E-state index contributed by atoms with van der Waals surface area (Å²) in [7, 11) is 1.63. The van der Waals surface area contributed by atoms with Crippen LogP contribution in [0.3, 0.4) is 0 Å². The van der Waals surface area contributed by atoms with Crippen LogP contribution in [-0.4, -0.2) is 42.5 Å².